The van der Waals surface area contributed by atoms with E-state index in [0.717, 1.165) is 49.4 Å². The van der Waals surface area contributed by atoms with Crippen LogP contribution in [0.4, 0.5) is 0 Å². The highest BCUT2D eigenvalue weighted by Crippen LogP contribution is 2.22. The number of carbonyl (C=O) groups is 1. The van der Waals surface area contributed by atoms with Gasteiger partial charge in [-0.25, -0.2) is 0 Å². The molecule has 0 spiro atoms. The Bertz CT molecular complexity index is 735. The molecule has 1 N–H and O–H groups in total. The lowest BCUT2D eigenvalue weighted by molar-refractivity contribution is 0.0949. The van der Waals surface area contributed by atoms with Gasteiger partial charge in [0.2, 0.25) is 0 Å². The zero-order valence-corrected chi connectivity index (χ0v) is 13.3. The summed E-state index contributed by atoms with van der Waals surface area (Å²) in [6, 6.07) is 6.08. The van der Waals surface area contributed by atoms with E-state index in [0.29, 0.717) is 6.54 Å². The van der Waals surface area contributed by atoms with Crippen molar-refractivity contribution in [3.8, 4) is 0 Å². The van der Waals surface area contributed by atoms with Crippen LogP contribution < -0.4 is 5.32 Å². The van der Waals surface area contributed by atoms with E-state index in [1.54, 1.807) is 0 Å². The normalized spacial score (nSPS) is 16.5. The Hall–Kier alpha value is -2.17. The van der Waals surface area contributed by atoms with Gasteiger partial charge in [-0.15, -0.1) is 10.2 Å². The Balaban J connectivity index is 1.45. The number of amides is 1. The van der Waals surface area contributed by atoms with Crippen LogP contribution in [0, 0.1) is 0 Å². The molecule has 0 atom stereocenters. The lowest BCUT2D eigenvalue weighted by Gasteiger charge is -2.09. The first-order valence-electron chi connectivity index (χ1n) is 8.62. The molecule has 5 heteroatoms. The van der Waals surface area contributed by atoms with Gasteiger partial charge in [-0.05, 0) is 55.4 Å². The molecule has 0 bridgehead atoms. The second kappa shape index (κ2) is 6.14. The van der Waals surface area contributed by atoms with E-state index in [1.807, 2.05) is 12.1 Å². The van der Waals surface area contributed by atoms with Gasteiger partial charge in [0.05, 0.1) is 6.54 Å². The number of hydrogen-bond acceptors (Lipinski definition) is 3. The standard InChI is InChI=1S/C18H22N4O/c23-18(15-9-8-13-5-4-6-14(13)11-15)19-12-17-21-20-16-7-2-1-3-10-22(16)17/h8-9,11H,1-7,10,12H2,(H,19,23). The lowest BCUT2D eigenvalue weighted by Crippen LogP contribution is -2.25. The van der Waals surface area contributed by atoms with Gasteiger partial charge in [0, 0.05) is 18.5 Å². The Labute approximate surface area is 136 Å². The Morgan fingerprint density at radius 2 is 1.96 bits per heavy atom. The topological polar surface area (TPSA) is 59.8 Å². The molecular formula is C18H22N4O. The van der Waals surface area contributed by atoms with Crippen LogP contribution in [-0.4, -0.2) is 20.7 Å². The molecule has 2 aliphatic rings. The molecule has 0 unspecified atom stereocenters. The molecule has 4 rings (SSSR count). The summed E-state index contributed by atoms with van der Waals surface area (Å²) in [5, 5.41) is 11.5. The molecular weight excluding hydrogens is 288 g/mol. The Kier molecular flexibility index (Phi) is 3.85. The van der Waals surface area contributed by atoms with Crippen molar-refractivity contribution >= 4 is 5.91 Å². The third-order valence-electron chi connectivity index (χ3n) is 4.95. The maximum atomic E-state index is 12.4. The number of fused-ring (bicyclic) bond motifs is 2. The van der Waals surface area contributed by atoms with Crippen molar-refractivity contribution in [2.24, 2.45) is 0 Å². The van der Waals surface area contributed by atoms with Gasteiger partial charge < -0.3 is 9.88 Å². The van der Waals surface area contributed by atoms with Crippen LogP contribution in [0.25, 0.3) is 0 Å². The minimum atomic E-state index is -0.0225. The number of carbonyl (C=O) groups excluding carboxylic acids is 1. The van der Waals surface area contributed by atoms with Crippen LogP contribution in [0.5, 0.6) is 0 Å². The molecule has 1 aromatic carbocycles. The van der Waals surface area contributed by atoms with Crippen molar-refractivity contribution in [2.45, 2.75) is 58.0 Å². The molecule has 2 heterocycles. The van der Waals surface area contributed by atoms with Crippen LogP contribution in [0.1, 0.15) is 58.8 Å². The highest BCUT2D eigenvalue weighted by Gasteiger charge is 2.17. The maximum Gasteiger partial charge on any atom is 0.251 e. The second-order valence-corrected chi connectivity index (χ2v) is 6.51. The summed E-state index contributed by atoms with van der Waals surface area (Å²) in [6.45, 7) is 1.41. The van der Waals surface area contributed by atoms with E-state index in [2.05, 4.69) is 26.1 Å². The molecule has 1 aliphatic carbocycles. The number of hydrogen-bond donors (Lipinski definition) is 1. The van der Waals surface area contributed by atoms with Crippen molar-refractivity contribution < 1.29 is 4.79 Å². The number of benzene rings is 1. The van der Waals surface area contributed by atoms with Crippen molar-refractivity contribution in [3.05, 3.63) is 46.5 Å². The van der Waals surface area contributed by atoms with Crippen molar-refractivity contribution in [1.82, 2.24) is 20.1 Å². The van der Waals surface area contributed by atoms with Gasteiger partial charge in [0.15, 0.2) is 5.82 Å². The van der Waals surface area contributed by atoms with E-state index in [1.165, 1.54) is 30.4 Å². The lowest BCUT2D eigenvalue weighted by atomic mass is 10.1. The molecule has 23 heavy (non-hydrogen) atoms. The molecule has 0 fully saturated rings. The highest BCUT2D eigenvalue weighted by atomic mass is 16.1. The zero-order chi connectivity index (χ0) is 15.6. The predicted molar refractivity (Wildman–Crippen MR) is 87.2 cm³/mol. The predicted octanol–water partition coefficient (Wildman–Crippen LogP) is 2.42. The average molecular weight is 310 g/mol. The van der Waals surface area contributed by atoms with E-state index in [9.17, 15) is 4.79 Å². The van der Waals surface area contributed by atoms with E-state index < -0.39 is 0 Å². The monoisotopic (exact) mass is 310 g/mol. The fourth-order valence-electron chi connectivity index (χ4n) is 3.65. The first-order valence-corrected chi connectivity index (χ1v) is 8.62. The molecule has 0 saturated heterocycles. The maximum absolute atomic E-state index is 12.4. The SMILES string of the molecule is O=C(NCc1nnc2n1CCCCC2)c1ccc2c(c1)CCC2. The fraction of sp³-hybridized carbons (Fsp3) is 0.500. The van der Waals surface area contributed by atoms with Crippen molar-refractivity contribution in [1.29, 1.82) is 0 Å². The van der Waals surface area contributed by atoms with Gasteiger partial charge in [0.25, 0.3) is 5.91 Å². The molecule has 5 nitrogen and oxygen atoms in total. The van der Waals surface area contributed by atoms with Crippen LogP contribution in [0.2, 0.25) is 0 Å². The van der Waals surface area contributed by atoms with Crippen LogP contribution in [0.3, 0.4) is 0 Å². The quantitative estimate of drug-likeness (QED) is 0.947. The summed E-state index contributed by atoms with van der Waals surface area (Å²) in [6.07, 6.45) is 8.01. The minimum Gasteiger partial charge on any atom is -0.345 e. The number of aryl methyl sites for hydroxylation is 3. The van der Waals surface area contributed by atoms with Crippen molar-refractivity contribution in [3.63, 3.8) is 0 Å². The number of nitrogens with one attached hydrogen (secondary N) is 1. The van der Waals surface area contributed by atoms with Crippen molar-refractivity contribution in [2.75, 3.05) is 0 Å². The highest BCUT2D eigenvalue weighted by molar-refractivity contribution is 5.94. The molecule has 1 aliphatic heterocycles. The first-order chi connectivity index (χ1) is 11.3. The number of aromatic nitrogens is 3. The van der Waals surface area contributed by atoms with E-state index in [4.69, 9.17) is 0 Å². The molecule has 0 saturated carbocycles. The average Bonchev–Trinajstić information content (AvgIpc) is 3.12. The first kappa shape index (κ1) is 14.4. The van der Waals surface area contributed by atoms with Gasteiger partial charge >= 0.3 is 0 Å². The molecule has 1 amide bonds. The largest absolute Gasteiger partial charge is 0.345 e. The molecule has 1 aromatic heterocycles. The van der Waals surface area contributed by atoms with Gasteiger partial charge in [-0.3, -0.25) is 4.79 Å². The summed E-state index contributed by atoms with van der Waals surface area (Å²) in [5.41, 5.74) is 3.47. The Morgan fingerprint density at radius 3 is 2.91 bits per heavy atom. The molecule has 120 valence electrons. The Morgan fingerprint density at radius 1 is 1.04 bits per heavy atom. The van der Waals surface area contributed by atoms with E-state index >= 15 is 0 Å². The van der Waals surface area contributed by atoms with Gasteiger partial charge in [-0.1, -0.05) is 12.5 Å². The van der Waals surface area contributed by atoms with Crippen LogP contribution >= 0.6 is 0 Å². The third-order valence-corrected chi connectivity index (χ3v) is 4.95. The summed E-state index contributed by atoms with van der Waals surface area (Å²) in [5.74, 6) is 1.91. The van der Waals surface area contributed by atoms with Gasteiger partial charge in [-0.2, -0.15) is 0 Å². The van der Waals surface area contributed by atoms with Crippen LogP contribution in [0.15, 0.2) is 18.2 Å². The summed E-state index contributed by atoms with van der Waals surface area (Å²) >= 11 is 0. The number of rotatable bonds is 3. The number of nitrogens with zero attached hydrogens (tertiary/aromatic N) is 3. The summed E-state index contributed by atoms with van der Waals surface area (Å²) < 4.78 is 2.18. The second-order valence-electron chi connectivity index (χ2n) is 6.51. The molecule has 0 radical (unpaired) electrons. The van der Waals surface area contributed by atoms with E-state index in [-0.39, 0.29) is 5.91 Å². The van der Waals surface area contributed by atoms with Gasteiger partial charge in [0.1, 0.15) is 5.82 Å². The summed E-state index contributed by atoms with van der Waals surface area (Å²) in [4.78, 5) is 12.4. The summed E-state index contributed by atoms with van der Waals surface area (Å²) in [7, 11) is 0. The van der Waals surface area contributed by atoms with Crippen LogP contribution in [-0.2, 0) is 32.4 Å². The third kappa shape index (κ3) is 2.87. The molecule has 2 aromatic rings. The fourth-order valence-corrected chi connectivity index (χ4v) is 3.65. The zero-order valence-electron chi connectivity index (χ0n) is 13.3. The smallest absolute Gasteiger partial charge is 0.251 e. The minimum absolute atomic E-state index is 0.0225.